The highest BCUT2D eigenvalue weighted by atomic mass is 16.3. The van der Waals surface area contributed by atoms with Crippen molar-refractivity contribution in [3.05, 3.63) is 90.8 Å². The second kappa shape index (κ2) is 7.39. The Morgan fingerprint density at radius 3 is 2.25 bits per heavy atom. The van der Waals surface area contributed by atoms with Crippen LogP contribution in [0.1, 0.15) is 24.8 Å². The predicted molar refractivity (Wildman–Crippen MR) is 126 cm³/mol. The van der Waals surface area contributed by atoms with E-state index < -0.39 is 0 Å². The zero-order valence-corrected chi connectivity index (χ0v) is 17.5. The highest BCUT2D eigenvalue weighted by Gasteiger charge is 2.34. The first kappa shape index (κ1) is 18.9. The molecule has 5 nitrogen and oxygen atoms in total. The van der Waals surface area contributed by atoms with Gasteiger partial charge in [0.15, 0.2) is 0 Å². The molecular formula is C27H22N4O. The zero-order valence-electron chi connectivity index (χ0n) is 17.5. The number of hydrogen-bond acceptors (Lipinski definition) is 5. The number of pyridine rings is 1. The first-order valence-corrected chi connectivity index (χ1v) is 10.9. The Labute approximate surface area is 186 Å². The number of nitrogens with two attached hydrogens (primary N) is 1. The summed E-state index contributed by atoms with van der Waals surface area (Å²) in [4.78, 5) is 13.9. The number of furan rings is 1. The second-order valence-corrected chi connectivity index (χ2v) is 8.38. The molecule has 3 heterocycles. The summed E-state index contributed by atoms with van der Waals surface area (Å²) >= 11 is 0. The maximum Gasteiger partial charge on any atom is 0.246 e. The second-order valence-electron chi connectivity index (χ2n) is 8.38. The molecule has 6 rings (SSSR count). The van der Waals surface area contributed by atoms with Crippen molar-refractivity contribution in [3.63, 3.8) is 0 Å². The molecule has 0 bridgehead atoms. The third kappa shape index (κ3) is 3.10. The molecule has 2 aromatic carbocycles. The van der Waals surface area contributed by atoms with Gasteiger partial charge in [0.1, 0.15) is 17.0 Å². The SMILES string of the molecule is NC1(c2ccc(-c3oc4ncc(-c5ccccn5)nc4c3-c3ccccc3)cc2)CCC1. The lowest BCUT2D eigenvalue weighted by Crippen LogP contribution is -2.43. The van der Waals surface area contributed by atoms with Crippen LogP contribution < -0.4 is 5.73 Å². The molecule has 1 aliphatic carbocycles. The van der Waals surface area contributed by atoms with E-state index >= 15 is 0 Å². The van der Waals surface area contributed by atoms with E-state index in [0.717, 1.165) is 46.5 Å². The van der Waals surface area contributed by atoms with Gasteiger partial charge in [-0.1, -0.05) is 60.7 Å². The Morgan fingerprint density at radius 2 is 1.56 bits per heavy atom. The number of fused-ring (bicyclic) bond motifs is 1. The van der Waals surface area contributed by atoms with Gasteiger partial charge < -0.3 is 10.2 Å². The number of benzene rings is 2. The largest absolute Gasteiger partial charge is 0.436 e. The Morgan fingerprint density at radius 1 is 0.781 bits per heavy atom. The summed E-state index contributed by atoms with van der Waals surface area (Å²) in [6.07, 6.45) is 6.74. The Balaban J connectivity index is 1.53. The molecular weight excluding hydrogens is 396 g/mol. The van der Waals surface area contributed by atoms with E-state index in [0.29, 0.717) is 11.4 Å². The number of nitrogens with zero attached hydrogens (tertiary/aromatic N) is 3. The van der Waals surface area contributed by atoms with Crippen molar-refractivity contribution in [2.45, 2.75) is 24.8 Å². The molecule has 5 aromatic rings. The van der Waals surface area contributed by atoms with Crippen molar-refractivity contribution in [3.8, 4) is 33.8 Å². The van der Waals surface area contributed by atoms with Crippen LogP contribution in [0.4, 0.5) is 0 Å². The van der Waals surface area contributed by atoms with E-state index in [4.69, 9.17) is 15.1 Å². The van der Waals surface area contributed by atoms with Gasteiger partial charge in [0.25, 0.3) is 0 Å². The topological polar surface area (TPSA) is 77.8 Å². The van der Waals surface area contributed by atoms with Gasteiger partial charge in [0.05, 0.1) is 17.5 Å². The normalized spacial score (nSPS) is 14.9. The van der Waals surface area contributed by atoms with Crippen LogP contribution in [0.2, 0.25) is 0 Å². The van der Waals surface area contributed by atoms with E-state index in [-0.39, 0.29) is 5.54 Å². The molecule has 1 fully saturated rings. The van der Waals surface area contributed by atoms with Gasteiger partial charge in [-0.15, -0.1) is 0 Å². The molecule has 3 aromatic heterocycles. The number of hydrogen-bond donors (Lipinski definition) is 1. The number of rotatable bonds is 4. The van der Waals surface area contributed by atoms with Crippen LogP contribution in [0.3, 0.4) is 0 Å². The summed E-state index contributed by atoms with van der Waals surface area (Å²) in [6.45, 7) is 0. The average Bonchev–Trinajstić information content (AvgIpc) is 3.22. The summed E-state index contributed by atoms with van der Waals surface area (Å²) < 4.78 is 6.27. The molecule has 1 saturated carbocycles. The summed E-state index contributed by atoms with van der Waals surface area (Å²) in [5.74, 6) is 0.760. The molecule has 5 heteroatoms. The molecule has 0 atom stereocenters. The molecule has 0 unspecified atom stereocenters. The highest BCUT2D eigenvalue weighted by Crippen LogP contribution is 2.42. The monoisotopic (exact) mass is 418 g/mol. The lowest BCUT2D eigenvalue weighted by molar-refractivity contribution is 0.253. The fourth-order valence-corrected chi connectivity index (χ4v) is 4.38. The van der Waals surface area contributed by atoms with Crippen molar-refractivity contribution < 1.29 is 4.42 Å². The van der Waals surface area contributed by atoms with Crippen molar-refractivity contribution in [1.82, 2.24) is 15.0 Å². The van der Waals surface area contributed by atoms with Crippen molar-refractivity contribution in [2.24, 2.45) is 5.73 Å². The maximum atomic E-state index is 6.52. The predicted octanol–water partition coefficient (Wildman–Crippen LogP) is 5.96. The summed E-state index contributed by atoms with van der Waals surface area (Å²) in [7, 11) is 0. The fourth-order valence-electron chi connectivity index (χ4n) is 4.38. The van der Waals surface area contributed by atoms with Gasteiger partial charge in [-0.05, 0) is 42.5 Å². The molecule has 0 radical (unpaired) electrons. The maximum absolute atomic E-state index is 6.52. The van der Waals surface area contributed by atoms with Gasteiger partial charge in [0, 0.05) is 17.3 Å². The lowest BCUT2D eigenvalue weighted by Gasteiger charge is -2.38. The number of aromatic nitrogens is 3. The summed E-state index contributed by atoms with van der Waals surface area (Å²) in [6, 6.07) is 24.4. The van der Waals surface area contributed by atoms with Crippen LogP contribution in [0, 0.1) is 0 Å². The van der Waals surface area contributed by atoms with Crippen molar-refractivity contribution in [1.29, 1.82) is 0 Å². The quantitative estimate of drug-likeness (QED) is 0.390. The minimum Gasteiger partial charge on any atom is -0.436 e. The molecule has 2 N–H and O–H groups in total. The van der Waals surface area contributed by atoms with Crippen LogP contribution >= 0.6 is 0 Å². The van der Waals surface area contributed by atoms with E-state index in [2.05, 4.69) is 46.4 Å². The van der Waals surface area contributed by atoms with Gasteiger partial charge in [-0.3, -0.25) is 4.98 Å². The molecule has 0 saturated heterocycles. The van der Waals surface area contributed by atoms with Gasteiger partial charge in [0.2, 0.25) is 5.71 Å². The Kier molecular flexibility index (Phi) is 4.37. The first-order chi connectivity index (χ1) is 15.7. The van der Waals surface area contributed by atoms with Crippen molar-refractivity contribution in [2.75, 3.05) is 0 Å². The molecule has 32 heavy (non-hydrogen) atoms. The molecule has 0 amide bonds. The minimum absolute atomic E-state index is 0.185. The van der Waals surface area contributed by atoms with E-state index in [1.807, 2.05) is 36.4 Å². The van der Waals surface area contributed by atoms with Crippen LogP contribution in [-0.2, 0) is 5.54 Å². The Bertz CT molecular complexity index is 1390. The highest BCUT2D eigenvalue weighted by molar-refractivity contribution is 5.98. The first-order valence-electron chi connectivity index (χ1n) is 10.9. The molecule has 156 valence electrons. The van der Waals surface area contributed by atoms with Crippen LogP contribution in [0.5, 0.6) is 0 Å². The third-order valence-corrected chi connectivity index (χ3v) is 6.36. The van der Waals surface area contributed by atoms with Gasteiger partial charge in [-0.2, -0.15) is 0 Å². The van der Waals surface area contributed by atoms with E-state index in [1.165, 1.54) is 12.0 Å². The lowest BCUT2D eigenvalue weighted by atomic mass is 9.72. The van der Waals surface area contributed by atoms with Crippen molar-refractivity contribution >= 4 is 11.2 Å². The smallest absolute Gasteiger partial charge is 0.246 e. The molecule has 0 spiro atoms. The summed E-state index contributed by atoms with van der Waals surface area (Å²) in [5.41, 5.74) is 13.2. The van der Waals surface area contributed by atoms with E-state index in [9.17, 15) is 0 Å². The summed E-state index contributed by atoms with van der Waals surface area (Å²) in [5, 5.41) is 0. The van der Waals surface area contributed by atoms with Gasteiger partial charge in [-0.25, -0.2) is 9.97 Å². The zero-order chi connectivity index (χ0) is 21.5. The minimum atomic E-state index is -0.185. The Hall–Kier alpha value is -3.83. The molecule has 1 aliphatic rings. The standard InChI is InChI=1S/C27H22N4O/c28-27(14-6-15-27)20-12-10-19(11-13-20)25-23(18-7-2-1-3-8-18)24-26(32-25)30-17-22(31-24)21-9-4-5-16-29-21/h1-5,7-13,16-17H,6,14-15,28H2. The fraction of sp³-hybridized carbons (Fsp3) is 0.148. The van der Waals surface area contributed by atoms with E-state index in [1.54, 1.807) is 12.4 Å². The third-order valence-electron chi connectivity index (χ3n) is 6.36. The van der Waals surface area contributed by atoms with Crippen LogP contribution in [-0.4, -0.2) is 15.0 Å². The van der Waals surface area contributed by atoms with Crippen LogP contribution in [0.15, 0.2) is 89.6 Å². The van der Waals surface area contributed by atoms with Gasteiger partial charge >= 0.3 is 0 Å². The molecule has 0 aliphatic heterocycles. The average molecular weight is 419 g/mol. The van der Waals surface area contributed by atoms with Crippen LogP contribution in [0.25, 0.3) is 45.1 Å².